The second-order valence-electron chi connectivity index (χ2n) is 11.5. The summed E-state index contributed by atoms with van der Waals surface area (Å²) in [6, 6.07) is 10.2. The Kier molecular flexibility index (Phi) is 6.68. The minimum absolute atomic E-state index is 0.0107. The number of thiazole rings is 1. The average Bonchev–Trinajstić information content (AvgIpc) is 3.41. The number of aromatic hydroxyl groups is 1. The molecule has 0 bridgehead atoms. The summed E-state index contributed by atoms with van der Waals surface area (Å²) in [4.78, 5) is 45.4. The van der Waals surface area contributed by atoms with Crippen molar-refractivity contribution < 1.29 is 34.8 Å². The molecule has 11 nitrogen and oxygen atoms in total. The van der Waals surface area contributed by atoms with Gasteiger partial charge in [0, 0.05) is 22.4 Å². The summed E-state index contributed by atoms with van der Waals surface area (Å²) in [7, 11) is 3.12. The first-order valence-corrected chi connectivity index (χ1v) is 14.5. The molecular formula is C31H30N4O7S. The minimum atomic E-state index is -2.68. The van der Waals surface area contributed by atoms with Crippen molar-refractivity contribution in [3.05, 3.63) is 75.4 Å². The number of carbonyl (C=O) groups is 3. The number of carbonyl (C=O) groups excluding carboxylic acids is 3. The number of primary amides is 1. The molecule has 2 aromatic carbocycles. The number of aliphatic hydroxyl groups excluding tert-OH is 2. The van der Waals surface area contributed by atoms with E-state index in [0.717, 1.165) is 16.8 Å². The van der Waals surface area contributed by atoms with Gasteiger partial charge in [-0.25, -0.2) is 4.98 Å². The van der Waals surface area contributed by atoms with Crippen molar-refractivity contribution in [2.24, 2.45) is 17.6 Å². The average molecular weight is 603 g/mol. The lowest BCUT2D eigenvalue weighted by molar-refractivity contribution is -0.153. The van der Waals surface area contributed by atoms with E-state index < -0.39 is 58.0 Å². The third-order valence-electron chi connectivity index (χ3n) is 8.69. The lowest BCUT2D eigenvalue weighted by Gasteiger charge is -2.50. The highest BCUT2D eigenvalue weighted by atomic mass is 32.1. The monoisotopic (exact) mass is 602 g/mol. The Balaban J connectivity index is 1.40. The van der Waals surface area contributed by atoms with Crippen LogP contribution in [-0.4, -0.2) is 73.5 Å². The van der Waals surface area contributed by atoms with Gasteiger partial charge in [-0.05, 0) is 51.4 Å². The van der Waals surface area contributed by atoms with Gasteiger partial charge >= 0.3 is 0 Å². The molecule has 12 heteroatoms. The number of nitrogens with two attached hydrogens (primary N) is 1. The molecule has 6 rings (SSSR count). The molecule has 222 valence electrons. The maximum atomic E-state index is 14.0. The Bertz CT molecular complexity index is 1770. The van der Waals surface area contributed by atoms with Crippen LogP contribution in [0.4, 0.5) is 10.8 Å². The standard InChI is InChI=1S/C31H30N4O7S/c1-13-4-6-14(7-5-13)19-12-43-30(34-19)33-18-9-8-15-10-16-11-17-23(35(2)3)26(38)22(29(32)41)28(40)31(17,42)27(39)21(16)25(37)20(15)24(18)36/h4-9,12,16-17,23,36-37,40,42H,10-11H2,1-3H3,(H2,32,41)(H,33,34)/t16-,17-,23-,31-/m0/s1. The molecule has 3 aromatic rings. The molecule has 1 amide bonds. The maximum absolute atomic E-state index is 14.0. The Morgan fingerprint density at radius 2 is 1.81 bits per heavy atom. The zero-order valence-electron chi connectivity index (χ0n) is 23.6. The summed E-state index contributed by atoms with van der Waals surface area (Å²) in [5, 5.41) is 50.9. The number of rotatable bonds is 5. The molecule has 0 aliphatic heterocycles. The summed E-state index contributed by atoms with van der Waals surface area (Å²) >= 11 is 1.33. The molecule has 3 aliphatic carbocycles. The largest absolute Gasteiger partial charge is 0.508 e. The van der Waals surface area contributed by atoms with E-state index in [4.69, 9.17) is 5.73 Å². The molecule has 0 radical (unpaired) electrons. The fourth-order valence-corrected chi connectivity index (χ4v) is 7.35. The highest BCUT2D eigenvalue weighted by molar-refractivity contribution is 7.14. The van der Waals surface area contributed by atoms with Crippen molar-refractivity contribution in [1.82, 2.24) is 9.88 Å². The lowest BCUT2D eigenvalue weighted by atomic mass is 9.57. The number of phenolic OH excluding ortho intramolecular Hbond substituents is 1. The fraction of sp³-hybridized carbons (Fsp3) is 0.290. The zero-order chi connectivity index (χ0) is 31.0. The van der Waals surface area contributed by atoms with Gasteiger partial charge in [0.25, 0.3) is 5.91 Å². The predicted octanol–water partition coefficient (Wildman–Crippen LogP) is 3.14. The molecule has 3 aliphatic rings. The number of nitrogens with one attached hydrogen (secondary N) is 1. The molecule has 1 aromatic heterocycles. The van der Waals surface area contributed by atoms with Crippen LogP contribution in [0.25, 0.3) is 17.0 Å². The van der Waals surface area contributed by atoms with Gasteiger partial charge in [-0.2, -0.15) is 0 Å². The lowest BCUT2D eigenvalue weighted by Crippen LogP contribution is -2.65. The summed E-state index contributed by atoms with van der Waals surface area (Å²) in [6.07, 6.45) is 0.255. The third-order valence-corrected chi connectivity index (χ3v) is 9.44. The van der Waals surface area contributed by atoms with Gasteiger partial charge in [-0.15, -0.1) is 11.3 Å². The van der Waals surface area contributed by atoms with E-state index in [9.17, 15) is 34.8 Å². The van der Waals surface area contributed by atoms with Crippen molar-refractivity contribution in [2.45, 2.75) is 31.4 Å². The summed E-state index contributed by atoms with van der Waals surface area (Å²) in [5.74, 6) is -6.83. The first kappa shape index (κ1) is 28.6. The van der Waals surface area contributed by atoms with Crippen LogP contribution in [-0.2, 0) is 20.8 Å². The topological polar surface area (TPSA) is 186 Å². The molecule has 1 heterocycles. The molecule has 7 N–H and O–H groups in total. The number of amides is 1. The number of phenols is 1. The van der Waals surface area contributed by atoms with E-state index in [2.05, 4.69) is 10.3 Å². The normalized spacial score (nSPS) is 25.0. The smallest absolute Gasteiger partial charge is 0.255 e. The van der Waals surface area contributed by atoms with Crippen LogP contribution in [0, 0.1) is 18.8 Å². The number of benzene rings is 2. The van der Waals surface area contributed by atoms with Crippen LogP contribution in [0.1, 0.15) is 23.1 Å². The van der Waals surface area contributed by atoms with Crippen molar-refractivity contribution in [2.75, 3.05) is 19.4 Å². The highest BCUT2D eigenvalue weighted by Crippen LogP contribution is 2.53. The number of aliphatic hydroxyl groups is 3. The van der Waals surface area contributed by atoms with Crippen LogP contribution < -0.4 is 11.1 Å². The predicted molar refractivity (Wildman–Crippen MR) is 160 cm³/mol. The van der Waals surface area contributed by atoms with Gasteiger partial charge in [0.2, 0.25) is 5.78 Å². The van der Waals surface area contributed by atoms with Crippen LogP contribution in [0.2, 0.25) is 0 Å². The quantitative estimate of drug-likeness (QED) is 0.187. The van der Waals surface area contributed by atoms with Crippen molar-refractivity contribution in [3.8, 4) is 17.0 Å². The summed E-state index contributed by atoms with van der Waals surface area (Å²) < 4.78 is 0. The van der Waals surface area contributed by atoms with Gasteiger partial charge in [0.1, 0.15) is 22.8 Å². The Morgan fingerprint density at radius 1 is 1.12 bits per heavy atom. The van der Waals surface area contributed by atoms with E-state index in [1.807, 2.05) is 36.6 Å². The van der Waals surface area contributed by atoms with Crippen molar-refractivity contribution in [1.29, 1.82) is 0 Å². The highest BCUT2D eigenvalue weighted by Gasteiger charge is 2.64. The van der Waals surface area contributed by atoms with E-state index >= 15 is 0 Å². The SMILES string of the molecule is Cc1ccc(-c2csc(Nc3ccc4c(c3O)C(O)=C3C(=O)[C@]5(O)C(O)=C(C(N)=O)C(=O)[C@@H](N(C)C)[C@@H]5C[C@@H]3C4)n2)cc1. The van der Waals surface area contributed by atoms with Crippen LogP contribution >= 0.6 is 11.3 Å². The number of hydrogen-bond donors (Lipinski definition) is 6. The van der Waals surface area contributed by atoms with E-state index in [1.54, 1.807) is 26.2 Å². The second kappa shape index (κ2) is 10.0. The van der Waals surface area contributed by atoms with Crippen molar-refractivity contribution in [3.63, 3.8) is 0 Å². The number of hydrogen-bond acceptors (Lipinski definition) is 11. The summed E-state index contributed by atoms with van der Waals surface area (Å²) in [6.45, 7) is 2.00. The number of nitrogens with zero attached hydrogens (tertiary/aromatic N) is 2. The molecule has 43 heavy (non-hydrogen) atoms. The molecule has 4 atom stereocenters. The van der Waals surface area contributed by atoms with Crippen LogP contribution in [0.15, 0.2) is 58.7 Å². The van der Waals surface area contributed by atoms with E-state index in [1.165, 1.54) is 16.2 Å². The third kappa shape index (κ3) is 4.24. The van der Waals surface area contributed by atoms with E-state index in [0.29, 0.717) is 10.7 Å². The Morgan fingerprint density at radius 3 is 2.47 bits per heavy atom. The molecule has 0 unspecified atom stereocenters. The number of likely N-dealkylation sites (N-methyl/N-ethyl adjacent to an activating group) is 1. The van der Waals surface area contributed by atoms with Gasteiger partial charge < -0.3 is 31.5 Å². The van der Waals surface area contributed by atoms with Crippen LogP contribution in [0.5, 0.6) is 5.75 Å². The van der Waals surface area contributed by atoms with Gasteiger partial charge in [0.15, 0.2) is 16.5 Å². The van der Waals surface area contributed by atoms with Gasteiger partial charge in [-0.1, -0.05) is 35.9 Å². The summed E-state index contributed by atoms with van der Waals surface area (Å²) in [5.41, 5.74) is 5.28. The second-order valence-corrected chi connectivity index (χ2v) is 12.3. The number of Topliss-reactive ketones (excluding diaryl/α,β-unsaturated/α-hetero) is 2. The maximum Gasteiger partial charge on any atom is 0.255 e. The number of anilines is 2. The molecule has 1 fully saturated rings. The fourth-order valence-electron chi connectivity index (χ4n) is 6.62. The number of aromatic nitrogens is 1. The molecule has 0 spiro atoms. The molecular weight excluding hydrogens is 572 g/mol. The Hall–Kier alpha value is -4.52. The Labute approximate surface area is 250 Å². The number of fused-ring (bicyclic) bond motifs is 3. The van der Waals surface area contributed by atoms with Gasteiger partial charge in [-0.3, -0.25) is 19.3 Å². The number of ketones is 2. The zero-order valence-corrected chi connectivity index (χ0v) is 24.4. The minimum Gasteiger partial charge on any atom is -0.508 e. The first-order valence-electron chi connectivity index (χ1n) is 13.6. The van der Waals surface area contributed by atoms with E-state index in [-0.39, 0.29) is 35.4 Å². The van der Waals surface area contributed by atoms with Crippen LogP contribution in [0.3, 0.4) is 0 Å². The first-order chi connectivity index (χ1) is 20.3. The molecule has 1 saturated carbocycles. The van der Waals surface area contributed by atoms with Gasteiger partial charge in [0.05, 0.1) is 23.0 Å². The van der Waals surface area contributed by atoms with Crippen molar-refractivity contribution >= 4 is 45.4 Å². The molecule has 0 saturated heterocycles. The number of aryl methyl sites for hydroxylation is 1.